The molecule has 0 spiro atoms. The molecule has 1 N–H and O–H groups in total. The molecule has 1 aliphatic carbocycles. The van der Waals surface area contributed by atoms with Crippen LogP contribution in [0.2, 0.25) is 0 Å². The molecule has 1 aromatic rings. The summed E-state index contributed by atoms with van der Waals surface area (Å²) in [5.74, 6) is -9.74. The van der Waals surface area contributed by atoms with Gasteiger partial charge < -0.3 is 10.1 Å². The summed E-state index contributed by atoms with van der Waals surface area (Å²) in [6, 6.07) is -0.484. The zero-order valence-corrected chi connectivity index (χ0v) is 10.8. The van der Waals surface area contributed by atoms with E-state index in [4.69, 9.17) is 4.74 Å². The third kappa shape index (κ3) is 2.59. The molecule has 0 heterocycles. The lowest BCUT2D eigenvalue weighted by Gasteiger charge is -2.32. The Hall–Kier alpha value is -1.37. The van der Waals surface area contributed by atoms with Gasteiger partial charge in [0, 0.05) is 7.11 Å². The molecule has 112 valence electrons. The Morgan fingerprint density at radius 1 is 0.850 bits per heavy atom. The molecule has 1 aliphatic rings. The summed E-state index contributed by atoms with van der Waals surface area (Å²) in [5.41, 5.74) is -0.990. The van der Waals surface area contributed by atoms with E-state index in [1.54, 1.807) is 0 Å². The second kappa shape index (κ2) is 5.95. The fourth-order valence-electron chi connectivity index (χ4n) is 2.46. The lowest BCUT2D eigenvalue weighted by Crippen LogP contribution is -2.38. The van der Waals surface area contributed by atoms with E-state index in [9.17, 15) is 22.0 Å². The molecule has 0 radical (unpaired) electrons. The molecule has 2 atom stereocenters. The summed E-state index contributed by atoms with van der Waals surface area (Å²) in [4.78, 5) is 0. The van der Waals surface area contributed by atoms with E-state index in [-0.39, 0.29) is 6.10 Å². The Labute approximate surface area is 112 Å². The van der Waals surface area contributed by atoms with E-state index in [2.05, 4.69) is 5.32 Å². The molecule has 0 bridgehead atoms. The monoisotopic (exact) mass is 295 g/mol. The zero-order valence-electron chi connectivity index (χ0n) is 10.8. The van der Waals surface area contributed by atoms with Crippen molar-refractivity contribution in [3.63, 3.8) is 0 Å². The normalized spacial score (nSPS) is 22.9. The van der Waals surface area contributed by atoms with Gasteiger partial charge in [-0.25, -0.2) is 22.0 Å². The molecule has 7 heteroatoms. The molecule has 0 amide bonds. The Bertz CT molecular complexity index is 479. The Balaban J connectivity index is 2.33. The number of hydrogen-bond donors (Lipinski definition) is 1. The molecule has 1 fully saturated rings. The fraction of sp³-hybridized carbons (Fsp3) is 0.538. The predicted octanol–water partition coefficient (Wildman–Crippen LogP) is 3.75. The van der Waals surface area contributed by atoms with Crippen molar-refractivity contribution in [3.8, 4) is 0 Å². The second-order valence-corrected chi connectivity index (χ2v) is 4.75. The van der Waals surface area contributed by atoms with Crippen molar-refractivity contribution in [2.24, 2.45) is 0 Å². The molecular formula is C13H14F5NO. The number of hydrogen-bond acceptors (Lipinski definition) is 2. The lowest BCUT2D eigenvalue weighted by atomic mass is 9.92. The van der Waals surface area contributed by atoms with Crippen molar-refractivity contribution in [3.05, 3.63) is 29.1 Å². The Morgan fingerprint density at radius 2 is 1.35 bits per heavy atom. The van der Waals surface area contributed by atoms with Crippen LogP contribution in [0.3, 0.4) is 0 Å². The van der Waals surface area contributed by atoms with Crippen LogP contribution in [0.4, 0.5) is 27.6 Å². The number of methoxy groups -OCH3 is 1. The first-order valence-corrected chi connectivity index (χ1v) is 6.28. The van der Waals surface area contributed by atoms with Gasteiger partial charge in [-0.15, -0.1) is 0 Å². The summed E-state index contributed by atoms with van der Waals surface area (Å²) in [5, 5.41) is 2.41. The molecular weight excluding hydrogens is 281 g/mol. The average molecular weight is 295 g/mol. The van der Waals surface area contributed by atoms with Gasteiger partial charge in [-0.2, -0.15) is 0 Å². The first-order valence-electron chi connectivity index (χ1n) is 6.28. The summed E-state index contributed by atoms with van der Waals surface area (Å²) in [7, 11) is 1.45. The van der Waals surface area contributed by atoms with E-state index in [1.165, 1.54) is 7.11 Å². The van der Waals surface area contributed by atoms with Gasteiger partial charge in [0.2, 0.25) is 5.82 Å². The summed E-state index contributed by atoms with van der Waals surface area (Å²) < 4.78 is 71.4. The number of ether oxygens (including phenoxy) is 1. The summed E-state index contributed by atoms with van der Waals surface area (Å²) >= 11 is 0. The van der Waals surface area contributed by atoms with Gasteiger partial charge in [0.25, 0.3) is 0 Å². The highest BCUT2D eigenvalue weighted by atomic mass is 19.2. The van der Waals surface area contributed by atoms with E-state index in [0.717, 1.165) is 12.8 Å². The van der Waals surface area contributed by atoms with Crippen molar-refractivity contribution in [2.75, 3.05) is 12.4 Å². The van der Waals surface area contributed by atoms with E-state index in [0.29, 0.717) is 12.8 Å². The van der Waals surface area contributed by atoms with Crippen LogP contribution in [0.1, 0.15) is 25.7 Å². The number of anilines is 1. The van der Waals surface area contributed by atoms with Gasteiger partial charge in [0.1, 0.15) is 5.69 Å². The van der Waals surface area contributed by atoms with Gasteiger partial charge >= 0.3 is 0 Å². The van der Waals surface area contributed by atoms with Gasteiger partial charge in [-0.05, 0) is 12.8 Å². The van der Waals surface area contributed by atoms with Gasteiger partial charge in [-0.3, -0.25) is 0 Å². The molecule has 1 aromatic carbocycles. The molecule has 2 nitrogen and oxygen atoms in total. The highest BCUT2D eigenvalue weighted by Gasteiger charge is 2.30. The van der Waals surface area contributed by atoms with Crippen LogP contribution in [0.25, 0.3) is 0 Å². The van der Waals surface area contributed by atoms with Gasteiger partial charge in [0.15, 0.2) is 23.3 Å². The smallest absolute Gasteiger partial charge is 0.200 e. The van der Waals surface area contributed by atoms with Crippen molar-refractivity contribution in [2.45, 2.75) is 37.8 Å². The topological polar surface area (TPSA) is 21.3 Å². The number of benzene rings is 1. The maximum Gasteiger partial charge on any atom is 0.200 e. The first kappa shape index (κ1) is 15.0. The second-order valence-electron chi connectivity index (χ2n) is 4.75. The van der Waals surface area contributed by atoms with Crippen LogP contribution in [0.5, 0.6) is 0 Å². The summed E-state index contributed by atoms with van der Waals surface area (Å²) in [6.07, 6.45) is 2.58. The molecule has 2 rings (SSSR count). The summed E-state index contributed by atoms with van der Waals surface area (Å²) in [6.45, 7) is 0. The molecule has 0 saturated heterocycles. The number of nitrogens with one attached hydrogen (secondary N) is 1. The Morgan fingerprint density at radius 3 is 1.90 bits per heavy atom. The highest BCUT2D eigenvalue weighted by molar-refractivity contribution is 5.48. The third-order valence-corrected chi connectivity index (χ3v) is 3.54. The van der Waals surface area contributed by atoms with Crippen LogP contribution in [0.15, 0.2) is 0 Å². The Kier molecular flexibility index (Phi) is 4.47. The molecule has 1 saturated carbocycles. The van der Waals surface area contributed by atoms with Crippen molar-refractivity contribution in [1.29, 1.82) is 0 Å². The van der Waals surface area contributed by atoms with Crippen molar-refractivity contribution < 1.29 is 26.7 Å². The molecule has 0 aliphatic heterocycles. The van der Waals surface area contributed by atoms with Crippen LogP contribution in [-0.2, 0) is 4.74 Å². The quantitative estimate of drug-likeness (QED) is 0.521. The van der Waals surface area contributed by atoms with Gasteiger partial charge in [0.05, 0.1) is 12.1 Å². The standard InChI is InChI=1S/C13H14F5NO/c1-20-7-5-3-2-4-6(7)19-13-11(17)9(15)8(14)10(16)12(13)18/h6-7,19H,2-5H2,1H3. The van der Waals surface area contributed by atoms with Crippen LogP contribution in [0, 0.1) is 29.1 Å². The highest BCUT2D eigenvalue weighted by Crippen LogP contribution is 2.30. The number of rotatable bonds is 3. The minimum atomic E-state index is -2.16. The van der Waals surface area contributed by atoms with E-state index < -0.39 is 40.8 Å². The number of halogens is 5. The SMILES string of the molecule is COC1CCCCC1Nc1c(F)c(F)c(F)c(F)c1F. The molecule has 0 aromatic heterocycles. The van der Waals surface area contributed by atoms with Crippen LogP contribution >= 0.6 is 0 Å². The lowest BCUT2D eigenvalue weighted by molar-refractivity contribution is 0.0603. The fourth-order valence-corrected chi connectivity index (χ4v) is 2.46. The maximum absolute atomic E-state index is 13.6. The largest absolute Gasteiger partial charge is 0.379 e. The van der Waals surface area contributed by atoms with Crippen LogP contribution in [-0.4, -0.2) is 19.3 Å². The zero-order chi connectivity index (χ0) is 14.9. The average Bonchev–Trinajstić information content (AvgIpc) is 2.48. The molecule has 20 heavy (non-hydrogen) atoms. The minimum Gasteiger partial charge on any atom is -0.379 e. The third-order valence-electron chi connectivity index (χ3n) is 3.54. The predicted molar refractivity (Wildman–Crippen MR) is 62.9 cm³/mol. The van der Waals surface area contributed by atoms with Gasteiger partial charge in [-0.1, -0.05) is 12.8 Å². The van der Waals surface area contributed by atoms with Crippen molar-refractivity contribution >= 4 is 5.69 Å². The maximum atomic E-state index is 13.6. The first-order chi connectivity index (χ1) is 9.47. The van der Waals surface area contributed by atoms with E-state index in [1.807, 2.05) is 0 Å². The van der Waals surface area contributed by atoms with E-state index >= 15 is 0 Å². The molecule has 2 unspecified atom stereocenters. The minimum absolute atomic E-state index is 0.321. The van der Waals surface area contributed by atoms with Crippen molar-refractivity contribution in [1.82, 2.24) is 0 Å². The van der Waals surface area contributed by atoms with Crippen LogP contribution < -0.4 is 5.32 Å².